The zero-order valence-corrected chi connectivity index (χ0v) is 20.1. The molecule has 8 nitrogen and oxygen atoms in total. The van der Waals surface area contributed by atoms with Crippen molar-refractivity contribution < 1.29 is 19.1 Å². The van der Waals surface area contributed by atoms with E-state index in [9.17, 15) is 19.1 Å². The van der Waals surface area contributed by atoms with E-state index in [1.54, 1.807) is 19.1 Å². The Labute approximate surface area is 199 Å². The van der Waals surface area contributed by atoms with Crippen LogP contribution in [-0.4, -0.2) is 62.1 Å². The van der Waals surface area contributed by atoms with Gasteiger partial charge in [0, 0.05) is 50.8 Å². The number of likely N-dealkylation sites (tertiary alicyclic amines) is 1. The molecule has 4 rings (SSSR count). The fraction of sp³-hybridized carbons (Fsp3) is 0.560. The lowest BCUT2D eigenvalue weighted by Crippen LogP contribution is -2.43. The number of halogens is 1. The number of benzene rings is 1. The molecule has 0 saturated carbocycles. The number of carbonyl (C=O) groups excluding carboxylic acids is 1. The molecule has 1 aromatic carbocycles. The van der Waals surface area contributed by atoms with Gasteiger partial charge in [-0.05, 0) is 50.8 Å². The Bertz CT molecular complexity index is 1050. The minimum Gasteiger partial charge on any atom is -0.465 e. The molecule has 184 valence electrons. The third-order valence-electron chi connectivity index (χ3n) is 7.29. The van der Waals surface area contributed by atoms with E-state index >= 15 is 0 Å². The number of piperidine rings is 1. The van der Waals surface area contributed by atoms with Crippen LogP contribution in [-0.2, 0) is 17.8 Å². The molecule has 0 radical (unpaired) electrons. The molecular weight excluding hydrogens is 437 g/mol. The van der Waals surface area contributed by atoms with Gasteiger partial charge in [0.25, 0.3) is 0 Å². The number of amides is 2. The van der Waals surface area contributed by atoms with Crippen molar-refractivity contribution in [3.8, 4) is 0 Å². The Kier molecular flexibility index (Phi) is 7.21. The van der Waals surface area contributed by atoms with Gasteiger partial charge in [0.15, 0.2) is 0 Å². The number of aryl methyl sites for hydroxylation is 1. The van der Waals surface area contributed by atoms with Crippen LogP contribution < -0.4 is 5.32 Å². The lowest BCUT2D eigenvalue weighted by Gasteiger charge is -2.39. The summed E-state index contributed by atoms with van der Waals surface area (Å²) in [7, 11) is 0. The Balaban J connectivity index is 1.40. The van der Waals surface area contributed by atoms with Gasteiger partial charge in [0.05, 0.1) is 18.3 Å². The SMILES string of the molecule is CC(=O)N1CCc2c(nc(C)n2C2CCN(C(C)C[C@H](NC(=O)O)c3cccc(F)c3)CC2)C1. The van der Waals surface area contributed by atoms with E-state index in [1.807, 2.05) is 11.8 Å². The van der Waals surface area contributed by atoms with Gasteiger partial charge < -0.3 is 24.8 Å². The lowest BCUT2D eigenvalue weighted by molar-refractivity contribution is -0.129. The highest BCUT2D eigenvalue weighted by Gasteiger charge is 2.31. The molecule has 9 heteroatoms. The normalized spacial score (nSPS) is 18.9. The molecule has 1 fully saturated rings. The first kappa shape index (κ1) is 24.2. The maximum atomic E-state index is 13.7. The molecule has 0 aliphatic carbocycles. The van der Waals surface area contributed by atoms with Crippen molar-refractivity contribution in [2.45, 2.75) is 71.1 Å². The molecule has 1 aromatic heterocycles. The first-order chi connectivity index (χ1) is 16.2. The van der Waals surface area contributed by atoms with Gasteiger partial charge in [-0.25, -0.2) is 14.2 Å². The number of nitrogens with zero attached hydrogens (tertiary/aromatic N) is 4. The quantitative estimate of drug-likeness (QED) is 0.671. The highest BCUT2D eigenvalue weighted by molar-refractivity contribution is 5.73. The van der Waals surface area contributed by atoms with Crippen LogP contribution >= 0.6 is 0 Å². The number of fused-ring (bicyclic) bond motifs is 1. The van der Waals surface area contributed by atoms with Crippen LogP contribution in [0, 0.1) is 12.7 Å². The number of carboxylic acid groups (broad SMARTS) is 1. The summed E-state index contributed by atoms with van der Waals surface area (Å²) in [6.07, 6.45) is 2.27. The van der Waals surface area contributed by atoms with Crippen LogP contribution in [0.2, 0.25) is 0 Å². The highest BCUT2D eigenvalue weighted by Crippen LogP contribution is 2.32. The van der Waals surface area contributed by atoms with Crippen molar-refractivity contribution in [1.82, 2.24) is 24.7 Å². The number of hydrogen-bond donors (Lipinski definition) is 2. The number of imidazole rings is 1. The molecule has 0 bridgehead atoms. The second-order valence-electron chi connectivity index (χ2n) is 9.52. The first-order valence-corrected chi connectivity index (χ1v) is 12.0. The zero-order valence-electron chi connectivity index (χ0n) is 20.1. The van der Waals surface area contributed by atoms with Crippen molar-refractivity contribution >= 4 is 12.0 Å². The van der Waals surface area contributed by atoms with Crippen molar-refractivity contribution in [1.29, 1.82) is 0 Å². The van der Waals surface area contributed by atoms with Crippen molar-refractivity contribution in [2.24, 2.45) is 0 Å². The van der Waals surface area contributed by atoms with E-state index in [0.29, 0.717) is 24.6 Å². The number of aromatic nitrogens is 2. The van der Waals surface area contributed by atoms with Crippen LogP contribution in [0.15, 0.2) is 24.3 Å². The van der Waals surface area contributed by atoms with Crippen LogP contribution in [0.5, 0.6) is 0 Å². The average Bonchev–Trinajstić information content (AvgIpc) is 3.13. The Hall–Kier alpha value is -2.94. The van der Waals surface area contributed by atoms with Gasteiger partial charge in [-0.2, -0.15) is 0 Å². The summed E-state index contributed by atoms with van der Waals surface area (Å²) in [5.74, 6) is 0.737. The fourth-order valence-corrected chi connectivity index (χ4v) is 5.52. The minimum absolute atomic E-state index is 0.0917. The van der Waals surface area contributed by atoms with Crippen LogP contribution in [0.25, 0.3) is 0 Å². The molecule has 0 spiro atoms. The van der Waals surface area contributed by atoms with Gasteiger partial charge in [-0.1, -0.05) is 12.1 Å². The summed E-state index contributed by atoms with van der Waals surface area (Å²) in [6.45, 7) is 8.90. The predicted octanol–water partition coefficient (Wildman–Crippen LogP) is 3.66. The molecule has 2 N–H and O–H groups in total. The fourth-order valence-electron chi connectivity index (χ4n) is 5.52. The Morgan fingerprint density at radius 2 is 2.00 bits per heavy atom. The second-order valence-corrected chi connectivity index (χ2v) is 9.52. The largest absolute Gasteiger partial charge is 0.465 e. The minimum atomic E-state index is -1.11. The Morgan fingerprint density at radius 3 is 2.65 bits per heavy atom. The smallest absolute Gasteiger partial charge is 0.405 e. The number of hydrogen-bond acceptors (Lipinski definition) is 4. The van der Waals surface area contributed by atoms with Crippen molar-refractivity contribution in [3.63, 3.8) is 0 Å². The molecule has 2 aliphatic heterocycles. The van der Waals surface area contributed by atoms with Gasteiger partial charge in [0.2, 0.25) is 5.91 Å². The summed E-state index contributed by atoms with van der Waals surface area (Å²) >= 11 is 0. The summed E-state index contributed by atoms with van der Waals surface area (Å²) in [4.78, 5) is 32.2. The molecule has 3 heterocycles. The second kappa shape index (κ2) is 10.1. The molecule has 2 aromatic rings. The van der Waals surface area contributed by atoms with Gasteiger partial charge in [-0.3, -0.25) is 4.79 Å². The molecule has 34 heavy (non-hydrogen) atoms. The van der Waals surface area contributed by atoms with E-state index in [-0.39, 0.29) is 17.8 Å². The van der Waals surface area contributed by atoms with Crippen LogP contribution in [0.3, 0.4) is 0 Å². The van der Waals surface area contributed by atoms with E-state index in [4.69, 9.17) is 4.98 Å². The van der Waals surface area contributed by atoms with Gasteiger partial charge in [0.1, 0.15) is 11.6 Å². The van der Waals surface area contributed by atoms with Crippen LogP contribution in [0.4, 0.5) is 9.18 Å². The summed E-state index contributed by atoms with van der Waals surface area (Å²) in [5, 5.41) is 11.9. The first-order valence-electron chi connectivity index (χ1n) is 12.0. The van der Waals surface area contributed by atoms with E-state index in [2.05, 4.69) is 21.7 Å². The van der Waals surface area contributed by atoms with Crippen molar-refractivity contribution in [2.75, 3.05) is 19.6 Å². The standard InChI is InChI=1S/C25H34FN5O3/c1-16(13-22(28-25(33)34)19-5-4-6-20(26)14-19)29-10-7-21(8-11-29)31-17(2)27-23-15-30(18(3)32)12-9-24(23)31/h4-6,14,16,21-22,28H,7-13,15H2,1-3H3,(H,33,34)/t16?,22-/m0/s1. The average molecular weight is 472 g/mol. The molecular formula is C25H34FN5O3. The van der Waals surface area contributed by atoms with Crippen LogP contribution in [0.1, 0.15) is 68.0 Å². The molecule has 1 unspecified atom stereocenters. The summed E-state index contributed by atoms with van der Waals surface area (Å²) < 4.78 is 16.1. The summed E-state index contributed by atoms with van der Waals surface area (Å²) in [6, 6.07) is 6.19. The monoisotopic (exact) mass is 471 g/mol. The zero-order chi connectivity index (χ0) is 24.4. The number of rotatable bonds is 6. The molecule has 1 saturated heterocycles. The van der Waals surface area contributed by atoms with E-state index in [0.717, 1.165) is 50.4 Å². The highest BCUT2D eigenvalue weighted by atomic mass is 19.1. The van der Waals surface area contributed by atoms with Gasteiger partial charge in [-0.15, -0.1) is 0 Å². The molecule has 2 amide bonds. The van der Waals surface area contributed by atoms with E-state index in [1.165, 1.54) is 17.8 Å². The maximum absolute atomic E-state index is 13.7. The summed E-state index contributed by atoms with van der Waals surface area (Å²) in [5.41, 5.74) is 2.93. The molecule has 2 aliphatic rings. The molecule has 2 atom stereocenters. The van der Waals surface area contributed by atoms with Crippen molar-refractivity contribution in [3.05, 3.63) is 52.9 Å². The third-order valence-corrected chi connectivity index (χ3v) is 7.29. The van der Waals surface area contributed by atoms with E-state index < -0.39 is 12.1 Å². The Morgan fingerprint density at radius 1 is 1.26 bits per heavy atom. The number of carbonyl (C=O) groups is 2. The maximum Gasteiger partial charge on any atom is 0.405 e. The lowest BCUT2D eigenvalue weighted by atomic mass is 9.96. The van der Waals surface area contributed by atoms with Gasteiger partial charge >= 0.3 is 6.09 Å². The number of nitrogens with one attached hydrogen (secondary N) is 1. The third kappa shape index (κ3) is 5.24. The predicted molar refractivity (Wildman–Crippen MR) is 126 cm³/mol. The topological polar surface area (TPSA) is 90.7 Å².